The van der Waals surface area contributed by atoms with E-state index < -0.39 is 70.4 Å². The second-order valence-corrected chi connectivity index (χ2v) is 26.7. The summed E-state index contributed by atoms with van der Waals surface area (Å²) in [7, 11) is -12.0. The van der Waals surface area contributed by atoms with E-state index in [1.807, 2.05) is 66.7 Å². The van der Waals surface area contributed by atoms with Crippen LogP contribution in [0.5, 0.6) is 0 Å². The van der Waals surface area contributed by atoms with Crippen molar-refractivity contribution in [1.82, 2.24) is 0 Å². The molecule has 0 heterocycles. The number of alkyl halides is 3. The molecular formula is C73H65F4N3O12S3. The van der Waals surface area contributed by atoms with E-state index in [1.54, 1.807) is 121 Å². The van der Waals surface area contributed by atoms with Crippen LogP contribution in [0.2, 0.25) is 0 Å². The van der Waals surface area contributed by atoms with Gasteiger partial charge in [-0.05, 0) is 205 Å². The molecular weight excluding hydrogens is 1280 g/mol. The minimum atomic E-state index is -4.81. The number of nitrogens with one attached hydrogen (secondary N) is 3. The molecule has 0 saturated carbocycles. The summed E-state index contributed by atoms with van der Waals surface area (Å²) in [4.78, 5) is 32.7. The maximum Gasteiger partial charge on any atom is 0.417 e. The van der Waals surface area contributed by atoms with Crippen molar-refractivity contribution in [3.63, 3.8) is 0 Å². The van der Waals surface area contributed by atoms with E-state index in [0.29, 0.717) is 61.9 Å². The fourth-order valence-corrected chi connectivity index (χ4v) is 13.7. The van der Waals surface area contributed by atoms with Crippen LogP contribution in [0.1, 0.15) is 89.3 Å². The van der Waals surface area contributed by atoms with Crippen LogP contribution in [-0.2, 0) is 74.8 Å². The predicted molar refractivity (Wildman–Crippen MR) is 358 cm³/mol. The zero-order valence-corrected chi connectivity index (χ0v) is 53.2. The largest absolute Gasteiger partial charge is 0.478 e. The van der Waals surface area contributed by atoms with E-state index in [0.717, 1.165) is 82.1 Å². The van der Waals surface area contributed by atoms with Crippen LogP contribution in [0.25, 0.3) is 11.1 Å². The van der Waals surface area contributed by atoms with Gasteiger partial charge in [-0.15, -0.1) is 0 Å². The zero-order chi connectivity index (χ0) is 68.2. The lowest BCUT2D eigenvalue weighted by Gasteiger charge is -2.16. The van der Waals surface area contributed by atoms with Crippen molar-refractivity contribution in [3.8, 4) is 11.1 Å². The number of sulfonamides is 3. The average molecular weight is 1350 g/mol. The fraction of sp³-hybridized carbons (Fsp3) is 0.137. The number of hydrogen-bond donors (Lipinski definition) is 6. The van der Waals surface area contributed by atoms with Gasteiger partial charge in [-0.2, -0.15) is 13.2 Å². The number of para-hydroxylation sites is 3. The summed E-state index contributed by atoms with van der Waals surface area (Å²) < 4.78 is 137. The van der Waals surface area contributed by atoms with Gasteiger partial charge in [0.05, 0.1) is 54.0 Å². The molecule has 0 fully saturated rings. The first-order valence-electron chi connectivity index (χ1n) is 29.7. The van der Waals surface area contributed by atoms with Gasteiger partial charge in [0.2, 0.25) is 0 Å². The number of carboxylic acids is 3. The molecule has 0 amide bonds. The van der Waals surface area contributed by atoms with E-state index in [9.17, 15) is 57.2 Å². The molecule has 0 aliphatic carbocycles. The van der Waals surface area contributed by atoms with Crippen LogP contribution in [-0.4, -0.2) is 58.5 Å². The highest BCUT2D eigenvalue weighted by Crippen LogP contribution is 2.35. The van der Waals surface area contributed by atoms with Gasteiger partial charge in [-0.3, -0.25) is 14.2 Å². The molecule has 6 N–H and O–H groups in total. The summed E-state index contributed by atoms with van der Waals surface area (Å²) in [5.74, 6) is -3.44. The number of halogens is 4. The molecule has 95 heavy (non-hydrogen) atoms. The first-order chi connectivity index (χ1) is 45.3. The maximum absolute atomic E-state index is 13.3. The molecule has 0 aliphatic heterocycles. The Kier molecular flexibility index (Phi) is 24.0. The second kappa shape index (κ2) is 32.4. The lowest BCUT2D eigenvalue weighted by Crippen LogP contribution is -2.19. The standard InChI is InChI=1S/C28H25NO4S.C23H20F3NO4S.C22H20FNO4S/c30-28(31)25-14-7-9-21(20-25)8-6-13-24-12-4-5-15-27(24)29-34(32,33)26-18-16-23(17-19-26)22-10-2-1-3-11-22;24-23(25,26)19-12-2-4-14-21(19)32(30,31)27-20-13-3-1-9-17(20)10-5-7-16-8-6-11-18(15-16)22(28)29;23-19-11-13-20(14-12-19)29(27,28)24-21-10-2-1-7-17(21)8-3-5-16-6-4-9-18(15-16)22(25)26/h1-5,7,9-12,14-20,29H,6,8,13H2,(H,30,31);1-4,6,8-9,11-15,27H,5,7,10H2,(H,28,29);1-2,4,6-7,9-15,24H,3,5,8H2,(H,25,26). The Labute approximate surface area is 548 Å². The van der Waals surface area contributed by atoms with Gasteiger partial charge in [-0.1, -0.05) is 146 Å². The van der Waals surface area contributed by atoms with Crippen molar-refractivity contribution in [2.75, 3.05) is 14.2 Å². The minimum absolute atomic E-state index is 0.0146. The molecule has 0 atom stereocenters. The summed E-state index contributed by atoms with van der Waals surface area (Å²) in [6.45, 7) is 0. The molecule has 0 bridgehead atoms. The van der Waals surface area contributed by atoms with Crippen molar-refractivity contribution in [2.24, 2.45) is 0 Å². The van der Waals surface area contributed by atoms with Crippen LogP contribution in [0, 0.1) is 5.82 Å². The SMILES string of the molecule is O=C(O)c1cccc(CCCc2ccccc2NS(=O)(=O)c2ccc(-c3ccccc3)cc2)c1.O=C(O)c1cccc(CCCc2ccccc2NS(=O)(=O)c2ccc(F)cc2)c1.O=C(O)c1cccc(CCCc2ccccc2NS(=O)(=O)c2ccccc2C(F)(F)F)c1. The van der Waals surface area contributed by atoms with E-state index in [4.69, 9.17) is 15.3 Å². The van der Waals surface area contributed by atoms with Crippen molar-refractivity contribution in [3.05, 3.63) is 310 Å². The smallest absolute Gasteiger partial charge is 0.417 e. The van der Waals surface area contributed by atoms with E-state index in [1.165, 1.54) is 30.3 Å². The molecule has 0 saturated heterocycles. The third-order valence-corrected chi connectivity index (χ3v) is 19.1. The summed E-state index contributed by atoms with van der Waals surface area (Å²) in [6.07, 6.45) is 0.879. The third-order valence-electron chi connectivity index (χ3n) is 14.9. The quantitative estimate of drug-likeness (QED) is 0.0292. The van der Waals surface area contributed by atoms with E-state index in [-0.39, 0.29) is 32.2 Å². The summed E-state index contributed by atoms with van der Waals surface area (Å²) in [5.41, 5.74) is 7.66. The Hall–Kier alpha value is -10.4. The number of hydrogen-bond acceptors (Lipinski definition) is 9. The lowest BCUT2D eigenvalue weighted by molar-refractivity contribution is -0.139. The molecule has 22 heteroatoms. The molecule has 10 aromatic carbocycles. The van der Waals surface area contributed by atoms with Gasteiger partial charge < -0.3 is 15.3 Å². The summed E-state index contributed by atoms with van der Waals surface area (Å²) in [5, 5.41) is 27.3. The number of carboxylic acid groups (broad SMARTS) is 3. The topological polar surface area (TPSA) is 250 Å². The van der Waals surface area contributed by atoms with E-state index >= 15 is 0 Å². The first-order valence-corrected chi connectivity index (χ1v) is 34.2. The number of anilines is 3. The minimum Gasteiger partial charge on any atom is -0.478 e. The van der Waals surface area contributed by atoms with Crippen LogP contribution < -0.4 is 14.2 Å². The fourth-order valence-electron chi connectivity index (χ4n) is 10.2. The lowest BCUT2D eigenvalue weighted by atomic mass is 10.0. The van der Waals surface area contributed by atoms with Gasteiger partial charge in [0.1, 0.15) is 5.82 Å². The van der Waals surface area contributed by atoms with Crippen LogP contribution in [0.15, 0.2) is 263 Å². The van der Waals surface area contributed by atoms with Gasteiger partial charge in [-0.25, -0.2) is 44.0 Å². The molecule has 490 valence electrons. The normalized spacial score (nSPS) is 11.4. The van der Waals surface area contributed by atoms with Crippen LogP contribution in [0.4, 0.5) is 34.6 Å². The summed E-state index contributed by atoms with van der Waals surface area (Å²) >= 11 is 0. The number of aromatic carboxylic acids is 3. The highest BCUT2D eigenvalue weighted by Gasteiger charge is 2.37. The Morgan fingerprint density at radius 3 is 1.05 bits per heavy atom. The zero-order valence-electron chi connectivity index (χ0n) is 50.8. The molecule has 10 rings (SSSR count). The van der Waals surface area contributed by atoms with Gasteiger partial charge >= 0.3 is 24.1 Å². The van der Waals surface area contributed by atoms with Crippen LogP contribution >= 0.6 is 0 Å². The molecule has 10 aromatic rings. The molecule has 0 radical (unpaired) electrons. The van der Waals surface area contributed by atoms with Crippen LogP contribution in [0.3, 0.4) is 0 Å². The Morgan fingerprint density at radius 1 is 0.347 bits per heavy atom. The maximum atomic E-state index is 13.3. The highest BCUT2D eigenvalue weighted by molar-refractivity contribution is 7.93. The van der Waals surface area contributed by atoms with Gasteiger partial charge in [0.25, 0.3) is 30.1 Å². The molecule has 15 nitrogen and oxygen atoms in total. The Bertz CT molecular complexity index is 4650. The number of aryl methyl sites for hydroxylation is 6. The Morgan fingerprint density at radius 2 is 0.674 bits per heavy atom. The number of rotatable bonds is 25. The first kappa shape index (κ1) is 70.4. The van der Waals surface area contributed by atoms with Crippen molar-refractivity contribution in [2.45, 2.75) is 78.7 Å². The van der Waals surface area contributed by atoms with Gasteiger partial charge in [0.15, 0.2) is 0 Å². The number of benzene rings is 10. The monoisotopic (exact) mass is 1350 g/mol. The summed E-state index contributed by atoms with van der Waals surface area (Å²) in [6, 6.07) is 66.4. The molecule has 0 aromatic heterocycles. The van der Waals surface area contributed by atoms with Crippen molar-refractivity contribution >= 4 is 65.0 Å². The third kappa shape index (κ3) is 20.5. The van der Waals surface area contributed by atoms with Crippen molar-refractivity contribution in [1.29, 1.82) is 0 Å². The Balaban J connectivity index is 0.000000183. The molecule has 0 unspecified atom stereocenters. The predicted octanol–water partition coefficient (Wildman–Crippen LogP) is 15.9. The molecule has 0 aliphatic rings. The molecule has 0 spiro atoms. The van der Waals surface area contributed by atoms with Crippen molar-refractivity contribution < 1.29 is 72.5 Å². The second-order valence-electron chi connectivity index (χ2n) is 21.7. The van der Waals surface area contributed by atoms with E-state index in [2.05, 4.69) is 14.2 Å². The number of carbonyl (C=O) groups is 3. The highest BCUT2D eigenvalue weighted by atomic mass is 32.2. The van der Waals surface area contributed by atoms with Gasteiger partial charge in [0, 0.05) is 0 Å². The average Bonchev–Trinajstić information content (AvgIpc) is 0.826.